The molecule has 16 heavy (non-hydrogen) atoms. The minimum atomic E-state index is -0.173. The fourth-order valence-corrected chi connectivity index (χ4v) is 2.36. The molecule has 1 aliphatic heterocycles. The molecule has 0 amide bonds. The minimum absolute atomic E-state index is 0.173. The molecule has 0 bridgehead atoms. The monoisotopic (exact) mass is 218 g/mol. The second-order valence-corrected chi connectivity index (χ2v) is 4.98. The van der Waals surface area contributed by atoms with Crippen LogP contribution in [-0.2, 0) is 6.54 Å². The number of likely N-dealkylation sites (tertiary alicyclic amines) is 1. The maximum atomic E-state index is 9.14. The van der Waals surface area contributed by atoms with Crippen LogP contribution in [0.3, 0.4) is 0 Å². The van der Waals surface area contributed by atoms with Crippen LogP contribution in [0.15, 0.2) is 6.20 Å². The van der Waals surface area contributed by atoms with E-state index in [1.54, 1.807) is 0 Å². The van der Waals surface area contributed by atoms with E-state index in [1.807, 2.05) is 13.1 Å². The van der Waals surface area contributed by atoms with Crippen molar-refractivity contribution in [3.8, 4) is 6.07 Å². The molecule has 86 valence electrons. The zero-order chi connectivity index (χ0) is 11.6. The Hall–Kier alpha value is -1.34. The number of hydrogen-bond acceptors (Lipinski definition) is 3. The van der Waals surface area contributed by atoms with E-state index in [0.717, 1.165) is 44.0 Å². The molecule has 0 saturated carbocycles. The first kappa shape index (κ1) is 11.2. The summed E-state index contributed by atoms with van der Waals surface area (Å²) in [6, 6.07) is 2.43. The number of imidazole rings is 1. The van der Waals surface area contributed by atoms with E-state index in [9.17, 15) is 0 Å². The third-order valence-electron chi connectivity index (χ3n) is 3.19. The van der Waals surface area contributed by atoms with E-state index in [2.05, 4.69) is 27.9 Å². The summed E-state index contributed by atoms with van der Waals surface area (Å²) in [5.74, 6) is 0.954. The number of aromatic nitrogens is 2. The van der Waals surface area contributed by atoms with Gasteiger partial charge >= 0.3 is 0 Å². The van der Waals surface area contributed by atoms with Crippen LogP contribution in [0.25, 0.3) is 0 Å². The first-order valence-corrected chi connectivity index (χ1v) is 5.75. The van der Waals surface area contributed by atoms with E-state index in [1.165, 1.54) is 0 Å². The van der Waals surface area contributed by atoms with Crippen molar-refractivity contribution < 1.29 is 0 Å². The van der Waals surface area contributed by atoms with E-state index in [-0.39, 0.29) is 5.41 Å². The second kappa shape index (κ2) is 4.26. The number of aromatic amines is 1. The van der Waals surface area contributed by atoms with Gasteiger partial charge in [0.1, 0.15) is 5.82 Å². The predicted octanol–water partition coefficient (Wildman–Crippen LogP) is 1.84. The van der Waals surface area contributed by atoms with Crippen molar-refractivity contribution in [3.63, 3.8) is 0 Å². The first-order chi connectivity index (χ1) is 7.61. The van der Waals surface area contributed by atoms with Crippen LogP contribution < -0.4 is 0 Å². The maximum absolute atomic E-state index is 9.14. The van der Waals surface area contributed by atoms with Crippen molar-refractivity contribution in [2.45, 2.75) is 33.2 Å². The van der Waals surface area contributed by atoms with Crippen molar-refractivity contribution in [2.24, 2.45) is 5.41 Å². The van der Waals surface area contributed by atoms with E-state index < -0.39 is 0 Å². The van der Waals surface area contributed by atoms with Crippen molar-refractivity contribution in [2.75, 3.05) is 13.1 Å². The average molecular weight is 218 g/mol. The minimum Gasteiger partial charge on any atom is -0.345 e. The molecule has 0 radical (unpaired) electrons. The molecule has 1 aromatic heterocycles. The Morgan fingerprint density at radius 3 is 3.12 bits per heavy atom. The molecular formula is C12H18N4. The maximum Gasteiger partial charge on any atom is 0.103 e. The molecule has 0 spiro atoms. The number of hydrogen-bond donors (Lipinski definition) is 1. The Bertz CT molecular complexity index is 403. The number of piperidine rings is 1. The van der Waals surface area contributed by atoms with Gasteiger partial charge in [0.2, 0.25) is 0 Å². The highest BCUT2D eigenvalue weighted by molar-refractivity contribution is 5.03. The van der Waals surface area contributed by atoms with E-state index in [4.69, 9.17) is 5.26 Å². The summed E-state index contributed by atoms with van der Waals surface area (Å²) in [5, 5.41) is 9.14. The van der Waals surface area contributed by atoms with Gasteiger partial charge < -0.3 is 4.98 Å². The van der Waals surface area contributed by atoms with Crippen LogP contribution in [0.5, 0.6) is 0 Å². The second-order valence-electron chi connectivity index (χ2n) is 4.98. The molecule has 1 fully saturated rings. The van der Waals surface area contributed by atoms with Crippen LogP contribution in [0, 0.1) is 23.7 Å². The number of nitrogens with one attached hydrogen (secondary N) is 1. The lowest BCUT2D eigenvalue weighted by Gasteiger charge is -2.35. The predicted molar refractivity (Wildman–Crippen MR) is 61.6 cm³/mol. The molecule has 4 nitrogen and oxygen atoms in total. The number of nitrogens with zero attached hydrogens (tertiary/aromatic N) is 3. The third-order valence-corrected chi connectivity index (χ3v) is 3.19. The van der Waals surface area contributed by atoms with Crippen LogP contribution in [-0.4, -0.2) is 28.0 Å². The Kier molecular flexibility index (Phi) is 2.97. The third kappa shape index (κ3) is 2.42. The summed E-state index contributed by atoms with van der Waals surface area (Å²) in [6.45, 7) is 6.82. The Morgan fingerprint density at radius 2 is 2.50 bits per heavy atom. The molecule has 0 aromatic carbocycles. The molecule has 1 aromatic rings. The van der Waals surface area contributed by atoms with Crippen molar-refractivity contribution >= 4 is 0 Å². The molecule has 2 rings (SSSR count). The molecule has 1 aliphatic rings. The lowest BCUT2D eigenvalue weighted by Crippen LogP contribution is -2.40. The molecule has 1 N–H and O–H groups in total. The number of nitriles is 1. The normalized spacial score (nSPS) is 26.6. The number of rotatable bonds is 2. The average Bonchev–Trinajstić information content (AvgIpc) is 2.64. The first-order valence-electron chi connectivity index (χ1n) is 5.75. The van der Waals surface area contributed by atoms with Gasteiger partial charge in [0, 0.05) is 25.0 Å². The Labute approximate surface area is 96.3 Å². The molecule has 1 saturated heterocycles. The highest BCUT2D eigenvalue weighted by atomic mass is 15.1. The molecule has 0 aliphatic carbocycles. The molecule has 4 heteroatoms. The SMILES string of the molecule is Cc1ncc(CN2CCC[C@](C)(C#N)C2)[nH]1. The van der Waals surface area contributed by atoms with Crippen molar-refractivity contribution in [1.82, 2.24) is 14.9 Å². The standard InChI is InChI=1S/C12H18N4/c1-10-14-6-11(15-10)7-16-5-3-4-12(2,8-13)9-16/h6H,3-5,7,9H2,1-2H3,(H,14,15)/t12-/m1/s1. The van der Waals surface area contributed by atoms with Gasteiger partial charge in [0.05, 0.1) is 11.5 Å². The molecule has 2 heterocycles. The van der Waals surface area contributed by atoms with Crippen LogP contribution in [0.2, 0.25) is 0 Å². The van der Waals surface area contributed by atoms with Crippen molar-refractivity contribution in [3.05, 3.63) is 17.7 Å². The topological polar surface area (TPSA) is 55.7 Å². The largest absolute Gasteiger partial charge is 0.345 e. The summed E-state index contributed by atoms with van der Waals surface area (Å²) >= 11 is 0. The smallest absolute Gasteiger partial charge is 0.103 e. The highest BCUT2D eigenvalue weighted by Crippen LogP contribution is 2.28. The lowest BCUT2D eigenvalue weighted by molar-refractivity contribution is 0.135. The number of aryl methyl sites for hydroxylation is 1. The summed E-state index contributed by atoms with van der Waals surface area (Å²) < 4.78 is 0. The Morgan fingerprint density at radius 1 is 1.69 bits per heavy atom. The van der Waals surface area contributed by atoms with Gasteiger partial charge in [-0.1, -0.05) is 0 Å². The summed E-state index contributed by atoms with van der Waals surface area (Å²) in [5.41, 5.74) is 0.965. The van der Waals surface area contributed by atoms with E-state index >= 15 is 0 Å². The van der Waals surface area contributed by atoms with Gasteiger partial charge in [-0.05, 0) is 33.2 Å². The van der Waals surface area contributed by atoms with Gasteiger partial charge in [0.15, 0.2) is 0 Å². The molecule has 1 atom stereocenters. The summed E-state index contributed by atoms with van der Waals surface area (Å²) in [4.78, 5) is 9.76. The lowest BCUT2D eigenvalue weighted by atomic mass is 9.83. The van der Waals surface area contributed by atoms with Crippen LogP contribution in [0.4, 0.5) is 0 Å². The zero-order valence-corrected chi connectivity index (χ0v) is 9.95. The van der Waals surface area contributed by atoms with Gasteiger partial charge in [-0.2, -0.15) is 5.26 Å². The summed E-state index contributed by atoms with van der Waals surface area (Å²) in [7, 11) is 0. The van der Waals surface area contributed by atoms with Gasteiger partial charge in [-0.15, -0.1) is 0 Å². The Balaban J connectivity index is 1.98. The van der Waals surface area contributed by atoms with Gasteiger partial charge in [-0.3, -0.25) is 4.90 Å². The quantitative estimate of drug-likeness (QED) is 0.824. The zero-order valence-electron chi connectivity index (χ0n) is 9.95. The van der Waals surface area contributed by atoms with Crippen molar-refractivity contribution in [1.29, 1.82) is 5.26 Å². The van der Waals surface area contributed by atoms with Crippen LogP contribution in [0.1, 0.15) is 31.3 Å². The fourth-order valence-electron chi connectivity index (χ4n) is 2.36. The van der Waals surface area contributed by atoms with Gasteiger partial charge in [0.25, 0.3) is 0 Å². The van der Waals surface area contributed by atoms with Gasteiger partial charge in [-0.25, -0.2) is 4.98 Å². The molecule has 0 unspecified atom stereocenters. The summed E-state index contributed by atoms with van der Waals surface area (Å²) in [6.07, 6.45) is 4.01. The van der Waals surface area contributed by atoms with E-state index in [0.29, 0.717) is 0 Å². The fraction of sp³-hybridized carbons (Fsp3) is 0.667. The highest BCUT2D eigenvalue weighted by Gasteiger charge is 2.30. The number of H-pyrrole nitrogens is 1. The van der Waals surface area contributed by atoms with Crippen LogP contribution >= 0.6 is 0 Å². The molecular weight excluding hydrogens is 200 g/mol.